The molecule has 0 amide bonds. The maximum Gasteiger partial charge on any atom is 0.276 e. The Morgan fingerprint density at radius 1 is 1.15 bits per heavy atom. The van der Waals surface area contributed by atoms with Crippen LogP contribution in [0.2, 0.25) is 0 Å². The number of H-pyrrole nitrogens is 1. The number of nitrogens with zero attached hydrogens (tertiary/aromatic N) is 2. The van der Waals surface area contributed by atoms with E-state index in [0.717, 1.165) is 18.4 Å². The second kappa shape index (κ2) is 8.13. The molecule has 1 heterocycles. The number of hydrazone groups is 1. The van der Waals surface area contributed by atoms with Gasteiger partial charge in [0.15, 0.2) is 0 Å². The molecular weight excluding hydrogens is 367 g/mol. The van der Waals surface area contributed by atoms with E-state index in [0.29, 0.717) is 16.8 Å². The minimum absolute atomic E-state index is 0.144. The summed E-state index contributed by atoms with van der Waals surface area (Å²) in [6, 6.07) is 12.6. The highest BCUT2D eigenvalue weighted by molar-refractivity contribution is 7.89. The van der Waals surface area contributed by atoms with Gasteiger partial charge in [0.25, 0.3) is 10.0 Å². The van der Waals surface area contributed by atoms with Crippen LogP contribution >= 0.6 is 0 Å². The van der Waals surface area contributed by atoms with Gasteiger partial charge in [-0.3, -0.25) is 5.10 Å². The van der Waals surface area contributed by atoms with Crippen LogP contribution in [0.15, 0.2) is 64.7 Å². The number of aromatic amines is 1. The van der Waals surface area contributed by atoms with Gasteiger partial charge in [0, 0.05) is 11.1 Å². The molecule has 6 nitrogen and oxygen atoms in total. The third kappa shape index (κ3) is 4.59. The number of rotatable bonds is 7. The van der Waals surface area contributed by atoms with Crippen LogP contribution in [0.5, 0.6) is 0 Å². The lowest BCUT2D eigenvalue weighted by Gasteiger charge is -2.05. The zero-order valence-corrected chi connectivity index (χ0v) is 15.5. The number of nitrogens with one attached hydrogen (secondary N) is 2. The Bertz CT molecular complexity index is 1030. The van der Waals surface area contributed by atoms with E-state index in [1.807, 2.05) is 0 Å². The number of sulfonamides is 1. The van der Waals surface area contributed by atoms with E-state index in [9.17, 15) is 12.8 Å². The molecule has 2 aromatic carbocycles. The minimum atomic E-state index is -3.76. The topological polar surface area (TPSA) is 87.2 Å². The monoisotopic (exact) mass is 386 g/mol. The molecule has 0 aliphatic carbocycles. The quantitative estimate of drug-likeness (QED) is 0.481. The molecule has 0 bridgehead atoms. The first kappa shape index (κ1) is 18.8. The molecule has 8 heteroatoms. The van der Waals surface area contributed by atoms with Crippen molar-refractivity contribution < 1.29 is 12.8 Å². The molecule has 0 unspecified atom stereocenters. The van der Waals surface area contributed by atoms with Crippen LogP contribution < -0.4 is 4.83 Å². The second-order valence-corrected chi connectivity index (χ2v) is 7.61. The van der Waals surface area contributed by atoms with Crippen LogP contribution in [0.3, 0.4) is 0 Å². The normalized spacial score (nSPS) is 11.8. The molecular formula is C19H19FN4O2S. The highest BCUT2D eigenvalue weighted by Crippen LogP contribution is 2.20. The van der Waals surface area contributed by atoms with Crippen LogP contribution in [0.1, 0.15) is 24.5 Å². The third-order valence-corrected chi connectivity index (χ3v) is 5.19. The largest absolute Gasteiger partial charge is 0.277 e. The minimum Gasteiger partial charge on any atom is -0.277 e. The van der Waals surface area contributed by atoms with Crippen molar-refractivity contribution in [3.05, 3.63) is 71.7 Å². The molecule has 3 rings (SSSR count). The Morgan fingerprint density at radius 3 is 2.52 bits per heavy atom. The number of hydrogen-bond donors (Lipinski definition) is 2. The molecule has 0 spiro atoms. The summed E-state index contributed by atoms with van der Waals surface area (Å²) in [6.45, 7) is 2.07. The molecule has 3 aromatic rings. The van der Waals surface area contributed by atoms with Gasteiger partial charge in [-0.05, 0) is 48.4 Å². The molecule has 0 fully saturated rings. The molecule has 0 saturated heterocycles. The summed E-state index contributed by atoms with van der Waals surface area (Å²) in [7, 11) is -3.76. The average Bonchev–Trinajstić information content (AvgIpc) is 3.11. The molecule has 0 aliphatic rings. The molecule has 1 aromatic heterocycles. The lowest BCUT2D eigenvalue weighted by Crippen LogP contribution is -2.18. The van der Waals surface area contributed by atoms with E-state index in [2.05, 4.69) is 27.1 Å². The highest BCUT2D eigenvalue weighted by Gasteiger charge is 2.13. The smallest absolute Gasteiger partial charge is 0.276 e. The van der Waals surface area contributed by atoms with Gasteiger partial charge in [0.1, 0.15) is 5.82 Å². The van der Waals surface area contributed by atoms with Crippen molar-refractivity contribution in [2.45, 2.75) is 24.7 Å². The van der Waals surface area contributed by atoms with Gasteiger partial charge >= 0.3 is 0 Å². The van der Waals surface area contributed by atoms with Crippen molar-refractivity contribution in [2.24, 2.45) is 5.10 Å². The number of aromatic nitrogens is 2. The van der Waals surface area contributed by atoms with E-state index in [1.54, 1.807) is 36.4 Å². The Labute approximate surface area is 157 Å². The first-order valence-corrected chi connectivity index (χ1v) is 9.91. The van der Waals surface area contributed by atoms with Crippen molar-refractivity contribution in [1.82, 2.24) is 15.0 Å². The van der Waals surface area contributed by atoms with Gasteiger partial charge in [-0.2, -0.15) is 18.6 Å². The number of aryl methyl sites for hydroxylation is 1. The predicted octanol–water partition coefficient (Wildman–Crippen LogP) is 3.48. The molecule has 0 saturated carbocycles. The zero-order chi connectivity index (χ0) is 19.3. The van der Waals surface area contributed by atoms with Gasteiger partial charge in [-0.15, -0.1) is 0 Å². The SMILES string of the molecule is CCCc1ccc(S(=O)(=O)N/N=C\c2cn[nH]c2-c2ccc(F)cc2)cc1. The first-order chi connectivity index (χ1) is 13.0. The maximum atomic E-state index is 13.1. The molecule has 0 atom stereocenters. The van der Waals surface area contributed by atoms with E-state index in [4.69, 9.17) is 0 Å². The molecule has 0 aliphatic heterocycles. The van der Waals surface area contributed by atoms with Crippen molar-refractivity contribution in [1.29, 1.82) is 0 Å². The Morgan fingerprint density at radius 2 is 1.85 bits per heavy atom. The average molecular weight is 386 g/mol. The summed E-state index contributed by atoms with van der Waals surface area (Å²) in [5, 5.41) is 10.6. The van der Waals surface area contributed by atoms with Crippen LogP contribution in [-0.2, 0) is 16.4 Å². The van der Waals surface area contributed by atoms with E-state index < -0.39 is 10.0 Å². The summed E-state index contributed by atoms with van der Waals surface area (Å²) in [4.78, 5) is 2.34. The number of benzene rings is 2. The van der Waals surface area contributed by atoms with Crippen molar-refractivity contribution in [3.63, 3.8) is 0 Å². The third-order valence-electron chi connectivity index (χ3n) is 3.95. The second-order valence-electron chi connectivity index (χ2n) is 5.95. The summed E-state index contributed by atoms with van der Waals surface area (Å²) in [5.74, 6) is -0.341. The predicted molar refractivity (Wildman–Crippen MR) is 102 cm³/mol. The van der Waals surface area contributed by atoms with E-state index in [-0.39, 0.29) is 10.7 Å². The Balaban J connectivity index is 1.74. The Hall–Kier alpha value is -3.00. The van der Waals surface area contributed by atoms with Crippen LogP contribution in [-0.4, -0.2) is 24.8 Å². The molecule has 140 valence electrons. The van der Waals surface area contributed by atoms with Crippen LogP contribution in [0.4, 0.5) is 4.39 Å². The van der Waals surface area contributed by atoms with Gasteiger partial charge in [0.05, 0.1) is 23.0 Å². The zero-order valence-electron chi connectivity index (χ0n) is 14.7. The lowest BCUT2D eigenvalue weighted by atomic mass is 10.1. The van der Waals surface area contributed by atoms with Gasteiger partial charge in [0.2, 0.25) is 0 Å². The fraction of sp³-hybridized carbons (Fsp3) is 0.158. The summed E-state index contributed by atoms with van der Waals surface area (Å²) >= 11 is 0. The summed E-state index contributed by atoms with van der Waals surface area (Å²) in [6.07, 6.45) is 4.76. The van der Waals surface area contributed by atoms with E-state index >= 15 is 0 Å². The summed E-state index contributed by atoms with van der Waals surface area (Å²) < 4.78 is 37.7. The van der Waals surface area contributed by atoms with Crippen molar-refractivity contribution in [2.75, 3.05) is 0 Å². The van der Waals surface area contributed by atoms with Gasteiger partial charge in [-0.1, -0.05) is 25.5 Å². The van der Waals surface area contributed by atoms with Crippen LogP contribution in [0.25, 0.3) is 11.3 Å². The van der Waals surface area contributed by atoms with Gasteiger partial charge < -0.3 is 0 Å². The maximum absolute atomic E-state index is 13.1. The Kier molecular flexibility index (Phi) is 5.66. The van der Waals surface area contributed by atoms with Gasteiger partial charge in [-0.25, -0.2) is 9.22 Å². The number of hydrogen-bond acceptors (Lipinski definition) is 4. The highest BCUT2D eigenvalue weighted by atomic mass is 32.2. The lowest BCUT2D eigenvalue weighted by molar-refractivity contribution is 0.584. The molecule has 27 heavy (non-hydrogen) atoms. The number of halogens is 1. The summed E-state index contributed by atoms with van der Waals surface area (Å²) in [5.41, 5.74) is 2.98. The van der Waals surface area contributed by atoms with Crippen molar-refractivity contribution >= 4 is 16.2 Å². The molecule has 2 N–H and O–H groups in total. The van der Waals surface area contributed by atoms with Crippen LogP contribution in [0, 0.1) is 5.82 Å². The van der Waals surface area contributed by atoms with Crippen molar-refractivity contribution in [3.8, 4) is 11.3 Å². The fourth-order valence-corrected chi connectivity index (χ4v) is 3.37. The van der Waals surface area contributed by atoms with E-state index in [1.165, 1.54) is 24.5 Å². The fourth-order valence-electron chi connectivity index (χ4n) is 2.58. The first-order valence-electron chi connectivity index (χ1n) is 8.42. The standard InChI is InChI=1S/C19H19FN4O2S/c1-2-3-14-4-10-18(11-5-14)27(25,26)24-22-13-16-12-21-23-19(16)15-6-8-17(20)9-7-15/h4-13,24H,2-3H2,1H3,(H,21,23)/b22-13-. The molecule has 0 radical (unpaired) electrons.